The lowest BCUT2D eigenvalue weighted by Crippen LogP contribution is -2.02. The highest BCUT2D eigenvalue weighted by Crippen LogP contribution is 2.18. The molecule has 3 heteroatoms. The van der Waals surface area contributed by atoms with Gasteiger partial charge in [-0.2, -0.15) is 0 Å². The van der Waals surface area contributed by atoms with E-state index in [1.165, 1.54) is 11.1 Å². The van der Waals surface area contributed by atoms with Crippen LogP contribution in [0.25, 0.3) is 0 Å². The molecule has 0 atom stereocenters. The van der Waals surface area contributed by atoms with E-state index in [0.717, 1.165) is 43.2 Å². The number of rotatable bonds is 10. The molecule has 3 aromatic carbocycles. The third-order valence-electron chi connectivity index (χ3n) is 4.25. The van der Waals surface area contributed by atoms with Crippen LogP contribution in [0.3, 0.4) is 0 Å². The van der Waals surface area contributed by atoms with Gasteiger partial charge in [0, 0.05) is 18.7 Å². The molecule has 1 N–H and O–H groups in total. The average Bonchev–Trinajstić information content (AvgIpc) is 2.73. The second kappa shape index (κ2) is 10.3. The zero-order valence-electron chi connectivity index (χ0n) is 15.9. The summed E-state index contributed by atoms with van der Waals surface area (Å²) in [5, 5.41) is 3.43. The standard InChI is InChI=1S/C24H27NO2/c1-2-17-26-24-14-10-22(11-15-24)25-19-21-8-12-23(13-9-21)27-18-16-20-6-4-3-5-7-20/h3-15,25H,2,16-19H2,1H3. The normalized spacial score (nSPS) is 10.4. The van der Waals surface area contributed by atoms with Crippen molar-refractivity contribution in [1.29, 1.82) is 0 Å². The van der Waals surface area contributed by atoms with Gasteiger partial charge in [-0.05, 0) is 53.9 Å². The van der Waals surface area contributed by atoms with Gasteiger partial charge < -0.3 is 14.8 Å². The molecular formula is C24H27NO2. The summed E-state index contributed by atoms with van der Waals surface area (Å²) in [6.45, 7) is 4.33. The van der Waals surface area contributed by atoms with E-state index >= 15 is 0 Å². The highest BCUT2D eigenvalue weighted by Gasteiger charge is 1.99. The van der Waals surface area contributed by atoms with Gasteiger partial charge in [0.05, 0.1) is 13.2 Å². The minimum absolute atomic E-state index is 0.689. The Labute approximate surface area is 162 Å². The first kappa shape index (κ1) is 18.8. The molecule has 3 aromatic rings. The molecule has 0 aliphatic rings. The van der Waals surface area contributed by atoms with Gasteiger partial charge in [-0.1, -0.05) is 49.4 Å². The van der Waals surface area contributed by atoms with Gasteiger partial charge in [0.25, 0.3) is 0 Å². The van der Waals surface area contributed by atoms with E-state index in [0.29, 0.717) is 6.61 Å². The molecule has 0 saturated heterocycles. The predicted molar refractivity (Wildman–Crippen MR) is 112 cm³/mol. The van der Waals surface area contributed by atoms with E-state index in [1.807, 2.05) is 42.5 Å². The smallest absolute Gasteiger partial charge is 0.119 e. The van der Waals surface area contributed by atoms with E-state index in [9.17, 15) is 0 Å². The molecule has 140 valence electrons. The van der Waals surface area contributed by atoms with Crippen LogP contribution in [-0.4, -0.2) is 13.2 Å². The van der Waals surface area contributed by atoms with Crippen molar-refractivity contribution in [3.8, 4) is 11.5 Å². The molecule has 0 saturated carbocycles. The summed E-state index contributed by atoms with van der Waals surface area (Å²) >= 11 is 0. The molecule has 3 nitrogen and oxygen atoms in total. The van der Waals surface area contributed by atoms with Gasteiger partial charge in [-0.25, -0.2) is 0 Å². The molecule has 0 unspecified atom stereocenters. The highest BCUT2D eigenvalue weighted by molar-refractivity contribution is 5.47. The van der Waals surface area contributed by atoms with Crippen LogP contribution in [-0.2, 0) is 13.0 Å². The maximum atomic E-state index is 5.84. The van der Waals surface area contributed by atoms with Crippen molar-refractivity contribution in [1.82, 2.24) is 0 Å². The van der Waals surface area contributed by atoms with Crippen LogP contribution in [0.15, 0.2) is 78.9 Å². The molecule has 0 aliphatic carbocycles. The Hall–Kier alpha value is -2.94. The third kappa shape index (κ3) is 6.37. The number of nitrogens with one attached hydrogen (secondary N) is 1. The second-order valence-corrected chi connectivity index (χ2v) is 6.45. The quantitative estimate of drug-likeness (QED) is 0.502. The molecule has 0 bridgehead atoms. The van der Waals surface area contributed by atoms with E-state index < -0.39 is 0 Å². The van der Waals surface area contributed by atoms with Crippen molar-refractivity contribution in [2.45, 2.75) is 26.3 Å². The molecule has 0 heterocycles. The van der Waals surface area contributed by atoms with Crippen molar-refractivity contribution in [3.05, 3.63) is 90.0 Å². The molecular weight excluding hydrogens is 334 g/mol. The highest BCUT2D eigenvalue weighted by atomic mass is 16.5. The summed E-state index contributed by atoms with van der Waals surface area (Å²) in [7, 11) is 0. The Morgan fingerprint density at radius 2 is 1.30 bits per heavy atom. The molecule has 3 rings (SSSR count). The molecule has 0 radical (unpaired) electrons. The lowest BCUT2D eigenvalue weighted by Gasteiger charge is -2.10. The van der Waals surface area contributed by atoms with E-state index in [4.69, 9.17) is 9.47 Å². The minimum Gasteiger partial charge on any atom is -0.494 e. The van der Waals surface area contributed by atoms with Crippen molar-refractivity contribution in [2.24, 2.45) is 0 Å². The summed E-state index contributed by atoms with van der Waals surface area (Å²) in [6.07, 6.45) is 1.94. The predicted octanol–water partition coefficient (Wildman–Crippen LogP) is 5.71. The fraction of sp³-hybridized carbons (Fsp3) is 0.250. The van der Waals surface area contributed by atoms with E-state index in [1.54, 1.807) is 0 Å². The zero-order valence-corrected chi connectivity index (χ0v) is 15.9. The average molecular weight is 361 g/mol. The first-order chi connectivity index (χ1) is 13.3. The summed E-state index contributed by atoms with van der Waals surface area (Å²) < 4.78 is 11.4. The molecule has 0 fully saturated rings. The zero-order chi connectivity index (χ0) is 18.7. The third-order valence-corrected chi connectivity index (χ3v) is 4.25. The summed E-state index contributed by atoms with van der Waals surface area (Å²) in [5.41, 5.74) is 3.60. The SMILES string of the molecule is CCCOc1ccc(NCc2ccc(OCCc3ccccc3)cc2)cc1. The van der Waals surface area contributed by atoms with Crippen LogP contribution >= 0.6 is 0 Å². The number of anilines is 1. The summed E-state index contributed by atoms with van der Waals surface area (Å²) in [5.74, 6) is 1.83. The minimum atomic E-state index is 0.689. The molecule has 27 heavy (non-hydrogen) atoms. The monoisotopic (exact) mass is 361 g/mol. The van der Waals surface area contributed by atoms with Gasteiger partial charge in [-0.3, -0.25) is 0 Å². The Kier molecular flexibility index (Phi) is 7.16. The Bertz CT molecular complexity index is 783. The van der Waals surface area contributed by atoms with Crippen LogP contribution in [0, 0.1) is 0 Å². The summed E-state index contributed by atoms with van der Waals surface area (Å²) in [6, 6.07) is 26.8. The Morgan fingerprint density at radius 1 is 0.667 bits per heavy atom. The topological polar surface area (TPSA) is 30.5 Å². The Balaban J connectivity index is 1.42. The largest absolute Gasteiger partial charge is 0.494 e. The number of ether oxygens (including phenoxy) is 2. The Morgan fingerprint density at radius 3 is 1.96 bits per heavy atom. The maximum Gasteiger partial charge on any atom is 0.119 e. The van der Waals surface area contributed by atoms with Gasteiger partial charge in [0.15, 0.2) is 0 Å². The number of hydrogen-bond acceptors (Lipinski definition) is 3. The van der Waals surface area contributed by atoms with Gasteiger partial charge in [0.2, 0.25) is 0 Å². The molecule has 0 aromatic heterocycles. The fourth-order valence-corrected chi connectivity index (χ4v) is 2.73. The van der Waals surface area contributed by atoms with Crippen molar-refractivity contribution >= 4 is 5.69 Å². The van der Waals surface area contributed by atoms with Crippen LogP contribution in [0.5, 0.6) is 11.5 Å². The molecule has 0 amide bonds. The number of benzene rings is 3. The van der Waals surface area contributed by atoms with Gasteiger partial charge >= 0.3 is 0 Å². The van der Waals surface area contributed by atoms with E-state index in [-0.39, 0.29) is 0 Å². The van der Waals surface area contributed by atoms with Crippen molar-refractivity contribution in [2.75, 3.05) is 18.5 Å². The van der Waals surface area contributed by atoms with Crippen LogP contribution in [0.1, 0.15) is 24.5 Å². The maximum absolute atomic E-state index is 5.84. The lowest BCUT2D eigenvalue weighted by atomic mass is 10.2. The first-order valence-corrected chi connectivity index (χ1v) is 9.56. The van der Waals surface area contributed by atoms with Crippen LogP contribution in [0.2, 0.25) is 0 Å². The van der Waals surface area contributed by atoms with Crippen molar-refractivity contribution < 1.29 is 9.47 Å². The molecule has 0 aliphatic heterocycles. The summed E-state index contributed by atoms with van der Waals surface area (Å²) in [4.78, 5) is 0. The lowest BCUT2D eigenvalue weighted by molar-refractivity contribution is 0.317. The first-order valence-electron chi connectivity index (χ1n) is 9.56. The van der Waals surface area contributed by atoms with Crippen molar-refractivity contribution in [3.63, 3.8) is 0 Å². The van der Waals surface area contributed by atoms with Gasteiger partial charge in [0.1, 0.15) is 11.5 Å². The van der Waals surface area contributed by atoms with Gasteiger partial charge in [-0.15, -0.1) is 0 Å². The number of hydrogen-bond donors (Lipinski definition) is 1. The molecule has 0 spiro atoms. The van der Waals surface area contributed by atoms with Crippen LogP contribution < -0.4 is 14.8 Å². The van der Waals surface area contributed by atoms with E-state index in [2.05, 4.69) is 48.6 Å². The fourth-order valence-electron chi connectivity index (χ4n) is 2.73. The van der Waals surface area contributed by atoms with Crippen LogP contribution in [0.4, 0.5) is 5.69 Å². The second-order valence-electron chi connectivity index (χ2n) is 6.45.